The molecule has 2 heterocycles. The second kappa shape index (κ2) is 4.21. The van der Waals surface area contributed by atoms with E-state index in [2.05, 4.69) is 15.2 Å². The van der Waals surface area contributed by atoms with Crippen molar-refractivity contribution in [1.82, 2.24) is 15.2 Å². The minimum atomic E-state index is -0.451. The van der Waals surface area contributed by atoms with Gasteiger partial charge in [-0.1, -0.05) is 11.3 Å². The smallest absolute Gasteiger partial charge is 0.257 e. The third-order valence-electron chi connectivity index (χ3n) is 1.33. The SMILES string of the molecule is Cc1nnc(Sc2ncc([N+](=O)[O-])s2)s1. The van der Waals surface area contributed by atoms with E-state index in [1.54, 1.807) is 0 Å². The van der Waals surface area contributed by atoms with E-state index in [4.69, 9.17) is 0 Å². The van der Waals surface area contributed by atoms with Crippen LogP contribution in [0.5, 0.6) is 0 Å². The Kier molecular flexibility index (Phi) is 2.93. The Morgan fingerprint density at radius 1 is 1.40 bits per heavy atom. The summed E-state index contributed by atoms with van der Waals surface area (Å²) in [5.74, 6) is 0. The van der Waals surface area contributed by atoms with Gasteiger partial charge in [-0.25, -0.2) is 4.98 Å². The van der Waals surface area contributed by atoms with Crippen LogP contribution in [-0.4, -0.2) is 20.1 Å². The van der Waals surface area contributed by atoms with Crippen LogP contribution in [0.1, 0.15) is 5.01 Å². The largest absolute Gasteiger partial charge is 0.344 e. The Hall–Kier alpha value is -1.06. The van der Waals surface area contributed by atoms with Crippen molar-refractivity contribution < 1.29 is 4.92 Å². The van der Waals surface area contributed by atoms with Crippen molar-refractivity contribution in [2.75, 3.05) is 0 Å². The molecule has 0 bridgehead atoms. The van der Waals surface area contributed by atoms with Crippen LogP contribution >= 0.6 is 34.4 Å². The van der Waals surface area contributed by atoms with E-state index < -0.39 is 4.92 Å². The average molecular weight is 260 g/mol. The van der Waals surface area contributed by atoms with Crippen molar-refractivity contribution in [3.05, 3.63) is 21.3 Å². The molecule has 2 aromatic heterocycles. The van der Waals surface area contributed by atoms with Crippen molar-refractivity contribution >= 4 is 39.4 Å². The molecule has 0 radical (unpaired) electrons. The molecule has 0 saturated heterocycles. The van der Waals surface area contributed by atoms with Gasteiger partial charge in [0.25, 0.3) is 0 Å². The van der Waals surface area contributed by atoms with Gasteiger partial charge in [0.05, 0.1) is 4.92 Å². The molecule has 9 heteroatoms. The maximum Gasteiger partial charge on any atom is 0.344 e. The molecular weight excluding hydrogens is 256 g/mol. The summed E-state index contributed by atoms with van der Waals surface area (Å²) in [7, 11) is 0. The Morgan fingerprint density at radius 2 is 2.20 bits per heavy atom. The lowest BCUT2D eigenvalue weighted by Gasteiger charge is -1.85. The van der Waals surface area contributed by atoms with Crippen LogP contribution in [0.3, 0.4) is 0 Å². The topological polar surface area (TPSA) is 81.8 Å². The van der Waals surface area contributed by atoms with Crippen LogP contribution in [0, 0.1) is 17.0 Å². The Bertz CT molecular complexity index is 494. The highest BCUT2D eigenvalue weighted by Crippen LogP contribution is 2.35. The summed E-state index contributed by atoms with van der Waals surface area (Å²) < 4.78 is 1.36. The quantitative estimate of drug-likeness (QED) is 0.622. The van der Waals surface area contributed by atoms with E-state index in [0.29, 0.717) is 4.34 Å². The molecule has 0 aliphatic rings. The predicted molar refractivity (Wildman–Crippen MR) is 57.5 cm³/mol. The van der Waals surface area contributed by atoms with Gasteiger partial charge in [-0.15, -0.1) is 10.2 Å². The van der Waals surface area contributed by atoms with Crippen molar-refractivity contribution in [3.8, 4) is 0 Å². The normalized spacial score (nSPS) is 10.5. The van der Waals surface area contributed by atoms with Gasteiger partial charge in [0.2, 0.25) is 0 Å². The second-order valence-electron chi connectivity index (χ2n) is 2.41. The third kappa shape index (κ3) is 2.49. The number of aryl methyl sites for hydroxylation is 1. The zero-order valence-electron chi connectivity index (χ0n) is 7.41. The summed E-state index contributed by atoms with van der Waals surface area (Å²) in [5.41, 5.74) is 0. The summed E-state index contributed by atoms with van der Waals surface area (Å²) in [5, 5.41) is 19.1. The van der Waals surface area contributed by atoms with Gasteiger partial charge < -0.3 is 0 Å². The summed E-state index contributed by atoms with van der Waals surface area (Å²) in [6, 6.07) is 0. The molecule has 0 spiro atoms. The number of nitro groups is 1. The highest BCUT2D eigenvalue weighted by molar-refractivity contribution is 8.02. The minimum Gasteiger partial charge on any atom is -0.257 e. The molecule has 0 amide bonds. The maximum atomic E-state index is 10.4. The van der Waals surface area contributed by atoms with E-state index in [1.165, 1.54) is 29.3 Å². The molecule has 0 fully saturated rings. The molecule has 0 aliphatic carbocycles. The highest BCUT2D eigenvalue weighted by atomic mass is 32.2. The first-order chi connectivity index (χ1) is 7.15. The van der Waals surface area contributed by atoms with Gasteiger partial charge in [0, 0.05) is 0 Å². The fraction of sp³-hybridized carbons (Fsp3) is 0.167. The highest BCUT2D eigenvalue weighted by Gasteiger charge is 2.13. The molecule has 2 rings (SSSR count). The van der Waals surface area contributed by atoms with Crippen molar-refractivity contribution in [2.24, 2.45) is 0 Å². The van der Waals surface area contributed by atoms with E-state index in [-0.39, 0.29) is 5.00 Å². The zero-order chi connectivity index (χ0) is 10.8. The fourth-order valence-electron chi connectivity index (χ4n) is 0.776. The standard InChI is InChI=1S/C6H4N4O2S3/c1-3-8-9-6(13-3)15-5-7-2-4(14-5)10(11)12/h2H,1H3. The van der Waals surface area contributed by atoms with Crippen LogP contribution in [0.4, 0.5) is 5.00 Å². The number of rotatable bonds is 3. The first-order valence-corrected chi connectivity index (χ1v) is 6.18. The lowest BCUT2D eigenvalue weighted by molar-refractivity contribution is -0.380. The molecule has 6 nitrogen and oxygen atoms in total. The molecule has 2 aromatic rings. The van der Waals surface area contributed by atoms with Crippen LogP contribution in [0.15, 0.2) is 14.9 Å². The van der Waals surface area contributed by atoms with Crippen LogP contribution in [-0.2, 0) is 0 Å². The molecule has 0 saturated carbocycles. The Labute approximate surface area is 96.5 Å². The van der Waals surface area contributed by atoms with Crippen LogP contribution < -0.4 is 0 Å². The summed E-state index contributed by atoms with van der Waals surface area (Å²) in [6.07, 6.45) is 1.25. The Morgan fingerprint density at radius 3 is 2.73 bits per heavy atom. The molecular formula is C6H4N4O2S3. The number of aromatic nitrogens is 3. The lowest BCUT2D eigenvalue weighted by atomic mass is 10.9. The van der Waals surface area contributed by atoms with E-state index in [1.807, 2.05) is 6.92 Å². The molecule has 0 unspecified atom stereocenters. The van der Waals surface area contributed by atoms with Gasteiger partial charge in [0.1, 0.15) is 11.2 Å². The molecule has 78 valence electrons. The third-order valence-corrected chi connectivity index (χ3v) is 4.25. The summed E-state index contributed by atoms with van der Waals surface area (Å²) in [4.78, 5) is 13.9. The van der Waals surface area contributed by atoms with Crippen molar-refractivity contribution in [2.45, 2.75) is 15.6 Å². The number of hydrogen-bond acceptors (Lipinski definition) is 8. The Balaban J connectivity index is 2.14. The van der Waals surface area contributed by atoms with Crippen molar-refractivity contribution in [1.29, 1.82) is 0 Å². The molecule has 0 aromatic carbocycles. The first kappa shape index (κ1) is 10.5. The molecule has 0 N–H and O–H groups in total. The lowest BCUT2D eigenvalue weighted by Crippen LogP contribution is -1.80. The molecule has 15 heavy (non-hydrogen) atoms. The number of nitrogens with zero attached hydrogens (tertiary/aromatic N) is 4. The summed E-state index contributed by atoms with van der Waals surface area (Å²) >= 11 is 3.77. The van der Waals surface area contributed by atoms with Crippen LogP contribution in [0.25, 0.3) is 0 Å². The average Bonchev–Trinajstić information content (AvgIpc) is 2.76. The fourth-order valence-corrected chi connectivity index (χ4v) is 3.58. The van der Waals surface area contributed by atoms with Gasteiger partial charge >= 0.3 is 5.00 Å². The maximum absolute atomic E-state index is 10.4. The monoisotopic (exact) mass is 260 g/mol. The van der Waals surface area contributed by atoms with Gasteiger partial charge in [0.15, 0.2) is 8.68 Å². The molecule has 0 aliphatic heterocycles. The number of thiazole rings is 1. The minimum absolute atomic E-state index is 0.0405. The zero-order valence-corrected chi connectivity index (χ0v) is 9.86. The van der Waals surface area contributed by atoms with E-state index >= 15 is 0 Å². The van der Waals surface area contributed by atoms with Gasteiger partial charge in [-0.3, -0.25) is 10.1 Å². The number of hydrogen-bond donors (Lipinski definition) is 0. The van der Waals surface area contributed by atoms with Crippen LogP contribution in [0.2, 0.25) is 0 Å². The first-order valence-electron chi connectivity index (χ1n) is 3.73. The second-order valence-corrected chi connectivity index (χ2v) is 6.10. The van der Waals surface area contributed by atoms with Crippen molar-refractivity contribution in [3.63, 3.8) is 0 Å². The van der Waals surface area contributed by atoms with E-state index in [9.17, 15) is 10.1 Å². The van der Waals surface area contributed by atoms with Gasteiger partial charge in [-0.2, -0.15) is 0 Å². The summed E-state index contributed by atoms with van der Waals surface area (Å²) in [6.45, 7) is 1.85. The predicted octanol–water partition coefficient (Wildman–Crippen LogP) is 2.36. The van der Waals surface area contributed by atoms with E-state index in [0.717, 1.165) is 20.7 Å². The molecule has 0 atom stereocenters. The van der Waals surface area contributed by atoms with Gasteiger partial charge in [-0.05, 0) is 30.0 Å².